The summed E-state index contributed by atoms with van der Waals surface area (Å²) in [5.74, 6) is 1.41. The van der Waals surface area contributed by atoms with E-state index in [1.165, 1.54) is 0 Å². The van der Waals surface area contributed by atoms with Crippen LogP contribution in [-0.2, 0) is 6.54 Å². The van der Waals surface area contributed by atoms with Crippen LogP contribution in [-0.4, -0.2) is 26.4 Å². The quantitative estimate of drug-likeness (QED) is 0.665. The van der Waals surface area contributed by atoms with Gasteiger partial charge >= 0.3 is 4.87 Å². The Morgan fingerprint density at radius 3 is 3.16 bits per heavy atom. The Kier molecular flexibility index (Phi) is 2.92. The van der Waals surface area contributed by atoms with Crippen LogP contribution in [0.3, 0.4) is 0 Å². The molecule has 0 atom stereocenters. The first-order chi connectivity index (χ1) is 9.26. The van der Waals surface area contributed by atoms with Crippen LogP contribution in [0.4, 0.5) is 11.6 Å². The average Bonchev–Trinajstić information content (AvgIpc) is 3.04. The molecule has 3 heterocycles. The normalized spacial score (nSPS) is 10.8. The molecule has 0 fully saturated rings. The van der Waals surface area contributed by atoms with Crippen molar-refractivity contribution in [2.45, 2.75) is 6.54 Å². The van der Waals surface area contributed by atoms with Gasteiger partial charge in [0, 0.05) is 30.5 Å². The van der Waals surface area contributed by atoms with E-state index in [-0.39, 0.29) is 4.87 Å². The molecule has 19 heavy (non-hydrogen) atoms. The molecule has 8 heteroatoms. The molecule has 98 valence electrons. The van der Waals surface area contributed by atoms with Crippen molar-refractivity contribution >= 4 is 28.6 Å². The molecule has 0 unspecified atom stereocenters. The fraction of sp³-hybridized carbons (Fsp3) is 0.182. The lowest BCUT2D eigenvalue weighted by Crippen LogP contribution is -2.07. The van der Waals surface area contributed by atoms with Crippen LogP contribution < -0.4 is 15.5 Å². The van der Waals surface area contributed by atoms with Crippen molar-refractivity contribution in [1.82, 2.24) is 19.4 Å². The Labute approximate surface area is 112 Å². The summed E-state index contributed by atoms with van der Waals surface area (Å²) in [5, 5.41) is 7.97. The van der Waals surface area contributed by atoms with Crippen LogP contribution in [0.15, 0.2) is 28.8 Å². The summed E-state index contributed by atoms with van der Waals surface area (Å²) in [6, 6.07) is 0. The topological polar surface area (TPSA) is 87.1 Å². The monoisotopic (exact) mass is 276 g/mol. The summed E-state index contributed by atoms with van der Waals surface area (Å²) in [4.78, 5) is 22.4. The minimum Gasteiger partial charge on any atom is -0.372 e. The minimum atomic E-state index is -0.0558. The van der Waals surface area contributed by atoms with Gasteiger partial charge in [0.25, 0.3) is 0 Å². The standard InChI is InChI=1S/C11H12N6OS/c1-12-8-5-17-3-2-13-10(17)9(16-8)14-4-7-6-19-11(18)15-7/h2-3,5-6,12H,4H2,1H3,(H,14,16)(H,15,18). The van der Waals surface area contributed by atoms with Gasteiger partial charge in [0.2, 0.25) is 0 Å². The lowest BCUT2D eigenvalue weighted by molar-refractivity contribution is 1.03. The van der Waals surface area contributed by atoms with Gasteiger partial charge in [-0.1, -0.05) is 11.3 Å². The summed E-state index contributed by atoms with van der Waals surface area (Å²) in [6.45, 7) is 0.501. The van der Waals surface area contributed by atoms with Crippen molar-refractivity contribution in [3.63, 3.8) is 0 Å². The molecule has 0 saturated heterocycles. The summed E-state index contributed by atoms with van der Waals surface area (Å²) in [5.41, 5.74) is 1.58. The molecule has 0 radical (unpaired) electrons. The smallest absolute Gasteiger partial charge is 0.304 e. The summed E-state index contributed by atoms with van der Waals surface area (Å²) in [6.07, 6.45) is 5.43. The molecule has 3 aromatic heterocycles. The van der Waals surface area contributed by atoms with Crippen molar-refractivity contribution in [3.05, 3.63) is 39.3 Å². The van der Waals surface area contributed by atoms with Crippen LogP contribution in [0.5, 0.6) is 0 Å². The van der Waals surface area contributed by atoms with E-state index in [1.54, 1.807) is 11.6 Å². The van der Waals surface area contributed by atoms with Crippen LogP contribution in [0.2, 0.25) is 0 Å². The van der Waals surface area contributed by atoms with E-state index in [4.69, 9.17) is 0 Å². The van der Waals surface area contributed by atoms with Gasteiger partial charge in [-0.15, -0.1) is 0 Å². The van der Waals surface area contributed by atoms with Gasteiger partial charge in [0.15, 0.2) is 11.5 Å². The van der Waals surface area contributed by atoms with Crippen LogP contribution in [0, 0.1) is 0 Å². The molecule has 0 amide bonds. The molecule has 3 N–H and O–H groups in total. The fourth-order valence-electron chi connectivity index (χ4n) is 1.75. The van der Waals surface area contributed by atoms with Gasteiger partial charge in [-0.2, -0.15) is 0 Å². The van der Waals surface area contributed by atoms with Gasteiger partial charge < -0.3 is 20.0 Å². The zero-order chi connectivity index (χ0) is 13.2. The highest BCUT2D eigenvalue weighted by Crippen LogP contribution is 2.16. The predicted octanol–water partition coefficient (Wildman–Crippen LogP) is 1.13. The Morgan fingerprint density at radius 1 is 1.53 bits per heavy atom. The van der Waals surface area contributed by atoms with Crippen molar-refractivity contribution in [2.75, 3.05) is 17.7 Å². The molecule has 7 nitrogen and oxygen atoms in total. The Hall–Kier alpha value is -2.35. The van der Waals surface area contributed by atoms with E-state index < -0.39 is 0 Å². The molecule has 0 saturated carbocycles. The van der Waals surface area contributed by atoms with E-state index >= 15 is 0 Å². The second-order valence-electron chi connectivity index (χ2n) is 3.91. The van der Waals surface area contributed by atoms with Gasteiger partial charge in [0.05, 0.1) is 12.7 Å². The molecule has 0 aromatic carbocycles. The van der Waals surface area contributed by atoms with Crippen molar-refractivity contribution in [1.29, 1.82) is 0 Å². The van der Waals surface area contributed by atoms with Gasteiger partial charge in [0.1, 0.15) is 5.82 Å². The number of aromatic nitrogens is 4. The number of imidazole rings is 1. The molecule has 3 aromatic rings. The highest BCUT2D eigenvalue weighted by molar-refractivity contribution is 7.07. The molecular weight excluding hydrogens is 264 g/mol. The molecule has 0 bridgehead atoms. The first-order valence-electron chi connectivity index (χ1n) is 5.68. The molecule has 0 aliphatic carbocycles. The maximum atomic E-state index is 11.1. The van der Waals surface area contributed by atoms with Gasteiger partial charge in [-0.3, -0.25) is 4.79 Å². The number of H-pyrrole nitrogens is 1. The number of hydrogen-bond donors (Lipinski definition) is 3. The van der Waals surface area contributed by atoms with E-state index in [2.05, 4.69) is 25.6 Å². The number of nitrogens with one attached hydrogen (secondary N) is 3. The lowest BCUT2D eigenvalue weighted by atomic mass is 10.4. The maximum absolute atomic E-state index is 11.1. The van der Waals surface area contributed by atoms with Crippen molar-refractivity contribution in [3.8, 4) is 0 Å². The number of hydrogen-bond acceptors (Lipinski definition) is 6. The van der Waals surface area contributed by atoms with Gasteiger partial charge in [-0.05, 0) is 0 Å². The van der Waals surface area contributed by atoms with Gasteiger partial charge in [-0.25, -0.2) is 9.97 Å². The van der Waals surface area contributed by atoms with E-state index in [9.17, 15) is 4.79 Å². The largest absolute Gasteiger partial charge is 0.372 e. The lowest BCUT2D eigenvalue weighted by Gasteiger charge is -2.08. The first kappa shape index (κ1) is 11.7. The van der Waals surface area contributed by atoms with E-state index in [0.717, 1.165) is 28.5 Å². The third-order valence-electron chi connectivity index (χ3n) is 2.65. The molecule has 0 spiro atoms. The van der Waals surface area contributed by atoms with Crippen LogP contribution in [0.1, 0.15) is 5.69 Å². The maximum Gasteiger partial charge on any atom is 0.304 e. The van der Waals surface area contributed by atoms with E-state index in [1.807, 2.05) is 23.8 Å². The zero-order valence-electron chi connectivity index (χ0n) is 10.2. The zero-order valence-corrected chi connectivity index (χ0v) is 11.0. The van der Waals surface area contributed by atoms with E-state index in [0.29, 0.717) is 12.4 Å². The molecular formula is C11H12N6OS. The highest BCUT2D eigenvalue weighted by Gasteiger charge is 2.07. The Balaban J connectivity index is 1.90. The SMILES string of the molecule is CNc1cn2ccnc2c(NCc2csc(=O)[nH]2)n1. The van der Waals surface area contributed by atoms with Crippen LogP contribution in [0.25, 0.3) is 5.65 Å². The third-order valence-corrected chi connectivity index (χ3v) is 3.37. The highest BCUT2D eigenvalue weighted by atomic mass is 32.1. The van der Waals surface area contributed by atoms with Crippen molar-refractivity contribution in [2.24, 2.45) is 0 Å². The average molecular weight is 276 g/mol. The number of rotatable bonds is 4. The summed E-state index contributed by atoms with van der Waals surface area (Å²) in [7, 11) is 1.81. The first-order valence-corrected chi connectivity index (χ1v) is 6.56. The number of fused-ring (bicyclic) bond motifs is 1. The molecule has 3 rings (SSSR count). The Bertz CT molecular complexity index is 758. The second kappa shape index (κ2) is 4.73. The second-order valence-corrected chi connectivity index (χ2v) is 4.75. The molecule has 0 aliphatic heterocycles. The Morgan fingerprint density at radius 2 is 2.42 bits per heavy atom. The fourth-order valence-corrected chi connectivity index (χ4v) is 2.33. The number of anilines is 2. The number of aromatic amines is 1. The predicted molar refractivity (Wildman–Crippen MR) is 74.8 cm³/mol. The summed E-state index contributed by atoms with van der Waals surface area (Å²) >= 11 is 1.15. The molecule has 0 aliphatic rings. The minimum absolute atomic E-state index is 0.0558. The summed E-state index contributed by atoms with van der Waals surface area (Å²) < 4.78 is 1.89. The number of nitrogens with zero attached hydrogens (tertiary/aromatic N) is 3. The number of thiazole rings is 1. The van der Waals surface area contributed by atoms with Crippen molar-refractivity contribution < 1.29 is 0 Å². The third kappa shape index (κ3) is 2.29. The van der Waals surface area contributed by atoms with Crippen LogP contribution >= 0.6 is 11.3 Å².